The lowest BCUT2D eigenvalue weighted by Crippen LogP contribution is -2.33. The Morgan fingerprint density at radius 2 is 1.37 bits per heavy atom. The number of ether oxygens (including phenoxy) is 1. The Labute approximate surface area is 174 Å². The molecule has 0 aromatic heterocycles. The molecule has 0 bridgehead atoms. The van der Waals surface area contributed by atoms with Crippen LogP contribution in [0.5, 0.6) is 5.75 Å². The molecule has 0 aliphatic carbocycles. The first-order chi connectivity index (χ1) is 14.6. The molecule has 0 saturated carbocycles. The minimum atomic E-state index is -0.433. The van der Waals surface area contributed by atoms with E-state index in [1.807, 2.05) is 24.3 Å². The Hall–Kier alpha value is -4.19. The summed E-state index contributed by atoms with van der Waals surface area (Å²) >= 11 is 0. The van der Waals surface area contributed by atoms with Gasteiger partial charge in [-0.3, -0.25) is 19.9 Å². The molecule has 3 aromatic carbocycles. The molecule has 1 N–H and O–H groups in total. The second kappa shape index (κ2) is 8.05. The first-order valence-corrected chi connectivity index (χ1v) is 9.33. The third-order valence-electron chi connectivity index (χ3n) is 4.76. The van der Waals surface area contributed by atoms with Crippen molar-refractivity contribution in [2.75, 3.05) is 16.9 Å². The quantitative estimate of drug-likeness (QED) is 0.516. The Bertz CT molecular complexity index is 1120. The van der Waals surface area contributed by atoms with Crippen molar-refractivity contribution in [2.24, 2.45) is 0 Å². The van der Waals surface area contributed by atoms with E-state index < -0.39 is 5.91 Å². The van der Waals surface area contributed by atoms with Crippen LogP contribution in [0.2, 0.25) is 0 Å². The summed E-state index contributed by atoms with van der Waals surface area (Å²) in [7, 11) is 1.55. The van der Waals surface area contributed by atoms with Gasteiger partial charge in [-0.05, 0) is 48.5 Å². The first kappa shape index (κ1) is 19.1. The molecule has 1 saturated heterocycles. The fourth-order valence-electron chi connectivity index (χ4n) is 3.26. The number of benzene rings is 3. The van der Waals surface area contributed by atoms with Crippen LogP contribution in [-0.2, 0) is 4.79 Å². The van der Waals surface area contributed by atoms with E-state index in [-0.39, 0.29) is 17.4 Å². The van der Waals surface area contributed by atoms with Crippen LogP contribution >= 0.6 is 0 Å². The summed E-state index contributed by atoms with van der Waals surface area (Å²) in [6.45, 7) is 0. The van der Waals surface area contributed by atoms with Gasteiger partial charge in [0.2, 0.25) is 5.96 Å². The minimum Gasteiger partial charge on any atom is -0.497 e. The molecule has 1 aliphatic heterocycles. The largest absolute Gasteiger partial charge is 0.497 e. The maximum absolute atomic E-state index is 13.3. The van der Waals surface area contributed by atoms with E-state index >= 15 is 0 Å². The Morgan fingerprint density at radius 1 is 0.833 bits per heavy atom. The van der Waals surface area contributed by atoms with Gasteiger partial charge in [0.15, 0.2) is 5.78 Å². The molecule has 3 aromatic rings. The van der Waals surface area contributed by atoms with Gasteiger partial charge in [-0.1, -0.05) is 36.4 Å². The highest BCUT2D eigenvalue weighted by Crippen LogP contribution is 2.31. The van der Waals surface area contributed by atoms with Crippen LogP contribution in [0.25, 0.3) is 0 Å². The molecule has 1 heterocycles. The number of rotatable bonds is 5. The number of allylic oxidation sites excluding steroid dienone is 1. The van der Waals surface area contributed by atoms with Crippen molar-refractivity contribution in [1.29, 1.82) is 5.41 Å². The van der Waals surface area contributed by atoms with Gasteiger partial charge in [-0.15, -0.1) is 0 Å². The number of anilines is 2. The van der Waals surface area contributed by atoms with E-state index in [0.29, 0.717) is 22.7 Å². The van der Waals surface area contributed by atoms with Crippen molar-refractivity contribution < 1.29 is 14.3 Å². The molecule has 4 rings (SSSR count). The number of carbonyl (C=O) groups is 2. The van der Waals surface area contributed by atoms with Crippen molar-refractivity contribution >= 4 is 29.0 Å². The lowest BCUT2D eigenvalue weighted by molar-refractivity contribution is -0.113. The van der Waals surface area contributed by atoms with E-state index in [1.165, 1.54) is 15.9 Å². The smallest absolute Gasteiger partial charge is 0.282 e. The van der Waals surface area contributed by atoms with Gasteiger partial charge in [-0.2, -0.15) is 0 Å². The normalized spacial score (nSPS) is 15.0. The van der Waals surface area contributed by atoms with Crippen LogP contribution in [0, 0.1) is 5.41 Å². The van der Waals surface area contributed by atoms with E-state index in [4.69, 9.17) is 10.1 Å². The predicted octanol–water partition coefficient (Wildman–Crippen LogP) is 4.25. The number of carbonyl (C=O) groups excluding carboxylic acids is 2. The molecule has 1 fully saturated rings. The maximum atomic E-state index is 13.3. The number of methoxy groups -OCH3 is 1. The lowest BCUT2D eigenvalue weighted by atomic mass is 10.1. The molecule has 0 atom stereocenters. The molecule has 30 heavy (non-hydrogen) atoms. The van der Waals surface area contributed by atoms with Crippen molar-refractivity contribution in [2.45, 2.75) is 0 Å². The zero-order chi connectivity index (χ0) is 21.1. The van der Waals surface area contributed by atoms with Crippen LogP contribution in [0.3, 0.4) is 0 Å². The summed E-state index contributed by atoms with van der Waals surface area (Å²) in [5, 5.41) is 8.66. The number of hydrogen-bond acceptors (Lipinski definition) is 4. The Kier molecular flexibility index (Phi) is 5.13. The van der Waals surface area contributed by atoms with Crippen molar-refractivity contribution in [1.82, 2.24) is 0 Å². The number of hydrogen-bond donors (Lipinski definition) is 1. The number of guanidine groups is 1. The molecule has 1 amide bonds. The Balaban J connectivity index is 1.77. The molecule has 148 valence electrons. The lowest BCUT2D eigenvalue weighted by Gasteiger charge is -2.20. The third kappa shape index (κ3) is 3.46. The summed E-state index contributed by atoms with van der Waals surface area (Å²) in [4.78, 5) is 28.9. The molecule has 1 aliphatic rings. The second-order valence-electron chi connectivity index (χ2n) is 6.59. The number of para-hydroxylation sites is 2. The topological polar surface area (TPSA) is 73.7 Å². The van der Waals surface area contributed by atoms with Crippen LogP contribution in [0.15, 0.2) is 96.7 Å². The predicted molar refractivity (Wildman–Crippen MR) is 116 cm³/mol. The van der Waals surface area contributed by atoms with Gasteiger partial charge in [0.05, 0.1) is 12.8 Å². The minimum absolute atomic E-state index is 0.0359. The SMILES string of the molecule is COc1ccc(C(=O)/C=C2\C(=O)N(c3ccccc3)C(=N)N2c2ccccc2)cc1. The van der Waals surface area contributed by atoms with Gasteiger partial charge in [0.25, 0.3) is 5.91 Å². The average Bonchev–Trinajstić information content (AvgIpc) is 3.04. The molecular weight excluding hydrogens is 378 g/mol. The van der Waals surface area contributed by atoms with Crippen LogP contribution in [0.1, 0.15) is 10.4 Å². The summed E-state index contributed by atoms with van der Waals surface area (Å²) in [5.41, 5.74) is 1.74. The monoisotopic (exact) mass is 397 g/mol. The van der Waals surface area contributed by atoms with Gasteiger partial charge >= 0.3 is 0 Å². The summed E-state index contributed by atoms with van der Waals surface area (Å²) in [5.74, 6) is -0.160. The molecular formula is C24H19N3O3. The maximum Gasteiger partial charge on any atom is 0.282 e. The number of ketones is 1. The third-order valence-corrected chi connectivity index (χ3v) is 4.76. The van der Waals surface area contributed by atoms with E-state index in [0.717, 1.165) is 0 Å². The van der Waals surface area contributed by atoms with Crippen molar-refractivity contribution in [3.63, 3.8) is 0 Å². The standard InChI is InChI=1S/C24H19N3O3/c1-30-20-14-12-17(13-15-20)22(28)16-21-23(29)27(19-10-6-3-7-11-19)24(25)26(21)18-8-4-2-5-9-18/h2-16,25H,1H3/b21-16+,25-24?. The zero-order valence-electron chi connectivity index (χ0n) is 16.3. The van der Waals surface area contributed by atoms with Crippen LogP contribution in [0.4, 0.5) is 11.4 Å². The molecule has 0 unspecified atom stereocenters. The molecule has 6 heteroatoms. The summed E-state index contributed by atoms with van der Waals surface area (Å²) < 4.78 is 5.13. The van der Waals surface area contributed by atoms with E-state index in [9.17, 15) is 9.59 Å². The van der Waals surface area contributed by atoms with Crippen molar-refractivity contribution in [3.8, 4) is 5.75 Å². The fraction of sp³-hybridized carbons (Fsp3) is 0.0417. The summed E-state index contributed by atoms with van der Waals surface area (Å²) in [6, 6.07) is 24.7. The van der Waals surface area contributed by atoms with Crippen LogP contribution < -0.4 is 14.5 Å². The van der Waals surface area contributed by atoms with Gasteiger partial charge in [-0.25, -0.2) is 4.90 Å². The first-order valence-electron chi connectivity index (χ1n) is 9.33. The number of nitrogens with one attached hydrogen (secondary N) is 1. The van der Waals surface area contributed by atoms with Crippen molar-refractivity contribution in [3.05, 3.63) is 102 Å². The Morgan fingerprint density at radius 3 is 1.90 bits per heavy atom. The highest BCUT2D eigenvalue weighted by molar-refractivity contribution is 6.36. The van der Waals surface area contributed by atoms with Gasteiger partial charge in [0.1, 0.15) is 11.4 Å². The highest BCUT2D eigenvalue weighted by atomic mass is 16.5. The van der Waals surface area contributed by atoms with Gasteiger partial charge in [0, 0.05) is 17.3 Å². The molecule has 6 nitrogen and oxygen atoms in total. The van der Waals surface area contributed by atoms with E-state index in [1.54, 1.807) is 67.8 Å². The highest BCUT2D eigenvalue weighted by Gasteiger charge is 2.40. The average molecular weight is 397 g/mol. The number of nitrogens with zero attached hydrogens (tertiary/aromatic N) is 2. The molecule has 0 spiro atoms. The second-order valence-corrected chi connectivity index (χ2v) is 6.59. The van der Waals surface area contributed by atoms with Gasteiger partial charge < -0.3 is 4.74 Å². The van der Waals surface area contributed by atoms with Crippen LogP contribution in [-0.4, -0.2) is 24.8 Å². The summed E-state index contributed by atoms with van der Waals surface area (Å²) in [6.07, 6.45) is 1.29. The fourth-order valence-corrected chi connectivity index (χ4v) is 3.26. The zero-order valence-corrected chi connectivity index (χ0v) is 16.3. The van der Waals surface area contributed by atoms with E-state index in [2.05, 4.69) is 0 Å². The number of amides is 1. The molecule has 0 radical (unpaired) electrons.